The largest absolute Gasteiger partial charge is 0.478 e. The molecule has 3 aromatic carbocycles. The molecule has 0 aromatic heterocycles. The van der Waals surface area contributed by atoms with Crippen LogP contribution in [0.2, 0.25) is 0 Å². The van der Waals surface area contributed by atoms with Gasteiger partial charge in [-0.25, -0.2) is 9.18 Å². The Morgan fingerprint density at radius 3 is 2.06 bits per heavy atom. The van der Waals surface area contributed by atoms with Crippen molar-refractivity contribution in [1.82, 2.24) is 0 Å². The van der Waals surface area contributed by atoms with Crippen LogP contribution in [-0.4, -0.2) is 11.1 Å². The van der Waals surface area contributed by atoms with Gasteiger partial charge >= 0.3 is 5.97 Å². The van der Waals surface area contributed by atoms with Gasteiger partial charge < -0.3 is 9.84 Å². The summed E-state index contributed by atoms with van der Waals surface area (Å²) in [4.78, 5) is 11.2. The summed E-state index contributed by atoms with van der Waals surface area (Å²) in [5.41, 5.74) is 7.18. The molecule has 0 bridgehead atoms. The molecule has 0 saturated carbocycles. The second-order valence-electron chi connectivity index (χ2n) is 10.8. The van der Waals surface area contributed by atoms with Gasteiger partial charge in [0, 0.05) is 0 Å². The summed E-state index contributed by atoms with van der Waals surface area (Å²) in [6.07, 6.45) is 1.90. The van der Waals surface area contributed by atoms with Crippen molar-refractivity contribution in [1.29, 1.82) is 0 Å². The van der Waals surface area contributed by atoms with Crippen LogP contribution in [0.25, 0.3) is 0 Å². The molecule has 0 fully saturated rings. The summed E-state index contributed by atoms with van der Waals surface area (Å²) in [6.45, 7) is 11.7. The summed E-state index contributed by atoms with van der Waals surface area (Å²) in [7, 11) is 0. The monoisotopic (exact) mass is 460 g/mol. The summed E-state index contributed by atoms with van der Waals surface area (Å²) in [5.74, 6) is -1.23. The van der Waals surface area contributed by atoms with Crippen molar-refractivity contribution in [2.45, 2.75) is 71.0 Å². The average Bonchev–Trinajstić information content (AvgIpc) is 2.79. The fourth-order valence-electron chi connectivity index (χ4n) is 4.95. The minimum atomic E-state index is -0.952. The number of benzene rings is 3. The van der Waals surface area contributed by atoms with E-state index in [-0.39, 0.29) is 28.3 Å². The molecule has 4 heteroatoms. The van der Waals surface area contributed by atoms with E-state index in [1.54, 1.807) is 36.4 Å². The molecule has 1 aliphatic rings. The van der Waals surface area contributed by atoms with Crippen LogP contribution in [0.5, 0.6) is 0 Å². The topological polar surface area (TPSA) is 46.5 Å². The molecule has 1 aliphatic carbocycles. The quantitative estimate of drug-likeness (QED) is 0.415. The maximum Gasteiger partial charge on any atom is 0.335 e. The number of halogens is 1. The molecule has 178 valence electrons. The van der Waals surface area contributed by atoms with Gasteiger partial charge in [-0.1, -0.05) is 64.1 Å². The van der Waals surface area contributed by atoms with Gasteiger partial charge in [-0.3, -0.25) is 0 Å². The fraction of sp³-hybridized carbons (Fsp3) is 0.367. The van der Waals surface area contributed by atoms with E-state index in [1.165, 1.54) is 23.3 Å². The fourth-order valence-corrected chi connectivity index (χ4v) is 4.95. The molecule has 0 aliphatic heterocycles. The predicted octanol–water partition coefficient (Wildman–Crippen LogP) is 7.49. The maximum absolute atomic E-state index is 13.7. The van der Waals surface area contributed by atoms with Crippen molar-refractivity contribution >= 4 is 5.97 Å². The third-order valence-electron chi connectivity index (χ3n) is 7.31. The van der Waals surface area contributed by atoms with Gasteiger partial charge in [0.15, 0.2) is 0 Å². The highest BCUT2D eigenvalue weighted by molar-refractivity contribution is 5.87. The standard InChI is InChI=1S/C30H33FO3/c1-19-16-25-26(30(4,5)15-14-29(25,2)3)17-24(19)27(21-10-12-23(31)13-11-21)34-18-20-6-8-22(9-7-20)28(32)33/h6-13,16-17,27H,14-15,18H2,1-5H3,(H,32,33). The Bertz CT molecular complexity index is 1190. The molecule has 1 unspecified atom stereocenters. The van der Waals surface area contributed by atoms with Crippen LogP contribution >= 0.6 is 0 Å². The lowest BCUT2D eigenvalue weighted by molar-refractivity contribution is 0.0658. The number of hydrogen-bond donors (Lipinski definition) is 1. The Labute approximate surface area is 201 Å². The highest BCUT2D eigenvalue weighted by Gasteiger charge is 2.38. The number of carboxylic acid groups (broad SMARTS) is 1. The Morgan fingerprint density at radius 2 is 1.50 bits per heavy atom. The van der Waals surface area contributed by atoms with Crippen molar-refractivity contribution in [2.24, 2.45) is 0 Å². The maximum atomic E-state index is 13.7. The average molecular weight is 461 g/mol. The first-order chi connectivity index (χ1) is 16.0. The molecule has 0 heterocycles. The molecule has 0 amide bonds. The summed E-state index contributed by atoms with van der Waals surface area (Å²) >= 11 is 0. The lowest BCUT2D eigenvalue weighted by Gasteiger charge is -2.42. The second-order valence-corrected chi connectivity index (χ2v) is 10.8. The van der Waals surface area contributed by atoms with Crippen molar-refractivity contribution < 1.29 is 19.0 Å². The van der Waals surface area contributed by atoms with Crippen LogP contribution in [0.15, 0.2) is 60.7 Å². The van der Waals surface area contributed by atoms with Crippen molar-refractivity contribution in [3.8, 4) is 0 Å². The van der Waals surface area contributed by atoms with Gasteiger partial charge in [-0.2, -0.15) is 0 Å². The van der Waals surface area contributed by atoms with Crippen LogP contribution in [0.4, 0.5) is 4.39 Å². The van der Waals surface area contributed by atoms with Crippen LogP contribution in [0.3, 0.4) is 0 Å². The Kier molecular flexibility index (Phi) is 6.39. The molecule has 1 atom stereocenters. The second kappa shape index (κ2) is 8.99. The molecule has 4 rings (SSSR count). The third-order valence-corrected chi connectivity index (χ3v) is 7.31. The SMILES string of the molecule is Cc1cc2c(cc1C(OCc1ccc(C(=O)O)cc1)c1ccc(F)cc1)C(C)(C)CCC2(C)C. The van der Waals surface area contributed by atoms with Crippen molar-refractivity contribution in [3.63, 3.8) is 0 Å². The smallest absolute Gasteiger partial charge is 0.335 e. The van der Waals surface area contributed by atoms with E-state index in [1.807, 2.05) is 0 Å². The molecule has 3 nitrogen and oxygen atoms in total. The van der Waals surface area contributed by atoms with Gasteiger partial charge in [-0.15, -0.1) is 0 Å². The summed E-state index contributed by atoms with van der Waals surface area (Å²) < 4.78 is 20.2. The number of hydrogen-bond acceptors (Lipinski definition) is 2. The van der Waals surface area contributed by atoms with Crippen LogP contribution in [-0.2, 0) is 22.2 Å². The van der Waals surface area contributed by atoms with Crippen molar-refractivity contribution in [2.75, 3.05) is 0 Å². The van der Waals surface area contributed by atoms with E-state index in [4.69, 9.17) is 9.84 Å². The molecular weight excluding hydrogens is 427 g/mol. The zero-order chi connectivity index (χ0) is 24.7. The summed E-state index contributed by atoms with van der Waals surface area (Å²) in [6, 6.07) is 17.8. The van der Waals surface area contributed by atoms with Gasteiger partial charge in [0.25, 0.3) is 0 Å². The number of carboxylic acids is 1. The van der Waals surface area contributed by atoms with Gasteiger partial charge in [0.1, 0.15) is 11.9 Å². The number of aromatic carboxylic acids is 1. The van der Waals surface area contributed by atoms with E-state index >= 15 is 0 Å². The first-order valence-electron chi connectivity index (χ1n) is 11.8. The van der Waals surface area contributed by atoms with Crippen LogP contribution in [0, 0.1) is 12.7 Å². The first-order valence-corrected chi connectivity index (χ1v) is 11.8. The number of carbonyl (C=O) groups is 1. The van der Waals surface area contributed by atoms with E-state index in [0.717, 1.165) is 35.1 Å². The number of ether oxygens (including phenoxy) is 1. The minimum absolute atomic E-state index is 0.0628. The van der Waals surface area contributed by atoms with E-state index in [2.05, 4.69) is 46.8 Å². The third kappa shape index (κ3) is 4.78. The van der Waals surface area contributed by atoms with E-state index < -0.39 is 5.97 Å². The molecule has 3 aromatic rings. The van der Waals surface area contributed by atoms with Crippen LogP contribution < -0.4 is 0 Å². The Hall–Kier alpha value is -2.98. The Balaban J connectivity index is 1.75. The normalized spacial score (nSPS) is 17.1. The molecular formula is C30H33FO3. The lowest BCUT2D eigenvalue weighted by atomic mass is 9.62. The van der Waals surface area contributed by atoms with Gasteiger partial charge in [0.05, 0.1) is 12.2 Å². The van der Waals surface area contributed by atoms with E-state index in [0.29, 0.717) is 6.61 Å². The van der Waals surface area contributed by atoms with E-state index in [9.17, 15) is 9.18 Å². The predicted molar refractivity (Wildman–Crippen MR) is 133 cm³/mol. The van der Waals surface area contributed by atoms with Gasteiger partial charge in [-0.05, 0) is 88.2 Å². The highest BCUT2D eigenvalue weighted by Crippen LogP contribution is 2.47. The molecule has 0 spiro atoms. The number of fused-ring (bicyclic) bond motifs is 1. The zero-order valence-electron chi connectivity index (χ0n) is 20.6. The molecule has 0 saturated heterocycles. The minimum Gasteiger partial charge on any atom is -0.478 e. The molecule has 34 heavy (non-hydrogen) atoms. The highest BCUT2D eigenvalue weighted by atomic mass is 19.1. The molecule has 0 radical (unpaired) electrons. The number of aryl methyl sites for hydroxylation is 1. The Morgan fingerprint density at radius 1 is 0.941 bits per heavy atom. The lowest BCUT2D eigenvalue weighted by Crippen LogP contribution is -2.34. The summed E-state index contributed by atoms with van der Waals surface area (Å²) in [5, 5.41) is 9.16. The van der Waals surface area contributed by atoms with Crippen molar-refractivity contribution in [3.05, 3.63) is 105 Å². The molecule has 1 N–H and O–H groups in total. The zero-order valence-corrected chi connectivity index (χ0v) is 20.6. The first kappa shape index (κ1) is 24.2. The number of rotatable bonds is 6. The van der Waals surface area contributed by atoms with Crippen LogP contribution in [0.1, 0.15) is 90.4 Å². The van der Waals surface area contributed by atoms with Gasteiger partial charge in [0.2, 0.25) is 0 Å².